The fraction of sp³-hybridized carbons (Fsp3) is 0.238. The number of nitrogens with two attached hydrogens (primary N) is 1. The second-order valence-corrected chi connectivity index (χ2v) is 6.50. The second-order valence-electron chi connectivity index (χ2n) is 6.50. The molecule has 0 bridgehead atoms. The number of esters is 1. The van der Waals surface area contributed by atoms with Gasteiger partial charge in [-0.25, -0.2) is 4.79 Å². The highest BCUT2D eigenvalue weighted by molar-refractivity contribution is 5.92. The highest BCUT2D eigenvalue weighted by Crippen LogP contribution is 2.40. The van der Waals surface area contributed by atoms with Crippen molar-refractivity contribution in [2.45, 2.75) is 25.6 Å². The minimum absolute atomic E-state index is 0.00619. The Morgan fingerprint density at radius 2 is 2.03 bits per heavy atom. The lowest BCUT2D eigenvalue weighted by Crippen LogP contribution is -2.24. The van der Waals surface area contributed by atoms with Crippen LogP contribution in [0.3, 0.4) is 0 Å². The molecule has 1 atom stereocenters. The van der Waals surface area contributed by atoms with E-state index in [0.29, 0.717) is 0 Å². The quantitative estimate of drug-likeness (QED) is 0.705. The maximum atomic E-state index is 12.8. The monoisotopic (exact) mass is 434 g/mol. The number of benzene rings is 1. The van der Waals surface area contributed by atoms with Crippen molar-refractivity contribution >= 4 is 5.97 Å². The van der Waals surface area contributed by atoms with E-state index in [1.807, 2.05) is 6.07 Å². The van der Waals surface area contributed by atoms with Gasteiger partial charge in [-0.1, -0.05) is 6.07 Å². The molecular weight excluding hydrogens is 417 g/mol. The van der Waals surface area contributed by atoms with Crippen LogP contribution in [0.4, 0.5) is 13.2 Å². The molecule has 162 valence electrons. The van der Waals surface area contributed by atoms with E-state index in [9.17, 15) is 23.2 Å². The molecule has 1 aromatic heterocycles. The lowest BCUT2D eigenvalue weighted by atomic mass is 9.87. The van der Waals surface area contributed by atoms with Crippen LogP contribution in [0.5, 0.6) is 5.75 Å². The molecule has 7 nitrogen and oxygen atoms in total. The molecule has 2 aromatic rings. The molecule has 0 saturated heterocycles. The number of alkyl halides is 3. The molecule has 0 fully saturated rings. The van der Waals surface area contributed by atoms with E-state index in [4.69, 9.17) is 24.4 Å². The molecule has 1 aliphatic rings. The summed E-state index contributed by atoms with van der Waals surface area (Å²) in [6, 6.07) is 9.38. The van der Waals surface area contributed by atoms with Gasteiger partial charge in [-0.3, -0.25) is 0 Å². The largest absolute Gasteiger partial charge is 0.486 e. The normalized spacial score (nSPS) is 16.6. The number of methoxy groups -OCH3 is 1. The van der Waals surface area contributed by atoms with Crippen LogP contribution < -0.4 is 10.5 Å². The third-order valence-electron chi connectivity index (χ3n) is 4.52. The highest BCUT2D eigenvalue weighted by atomic mass is 19.4. The van der Waals surface area contributed by atoms with Gasteiger partial charge in [0, 0.05) is 0 Å². The molecule has 2 heterocycles. The maximum absolute atomic E-state index is 12.8. The maximum Gasteiger partial charge on any atom is 0.416 e. The topological polar surface area (TPSA) is 108 Å². The molecule has 31 heavy (non-hydrogen) atoms. The fourth-order valence-electron chi connectivity index (χ4n) is 3.08. The van der Waals surface area contributed by atoms with E-state index in [0.717, 1.165) is 12.1 Å². The Bertz CT molecular complexity index is 1110. The minimum atomic E-state index is -4.49. The van der Waals surface area contributed by atoms with Crippen molar-refractivity contribution in [1.29, 1.82) is 5.26 Å². The van der Waals surface area contributed by atoms with Crippen LogP contribution in [0.25, 0.3) is 0 Å². The number of nitrogens with zero attached hydrogens (tertiary/aromatic N) is 1. The summed E-state index contributed by atoms with van der Waals surface area (Å²) in [5.74, 6) is -1.23. The predicted molar refractivity (Wildman–Crippen MR) is 99.9 cm³/mol. The minimum Gasteiger partial charge on any atom is -0.486 e. The molecule has 0 amide bonds. The predicted octanol–water partition coefficient (Wildman–Crippen LogP) is 4.13. The van der Waals surface area contributed by atoms with Crippen molar-refractivity contribution in [2.24, 2.45) is 5.73 Å². The summed E-state index contributed by atoms with van der Waals surface area (Å²) in [7, 11) is 1.18. The number of carbonyl (C=O) groups excluding carboxylic acids is 1. The van der Waals surface area contributed by atoms with E-state index in [2.05, 4.69) is 0 Å². The summed E-state index contributed by atoms with van der Waals surface area (Å²) >= 11 is 0. The zero-order chi connectivity index (χ0) is 22.8. The lowest BCUT2D eigenvalue weighted by molar-refractivity contribution is -0.138. The van der Waals surface area contributed by atoms with E-state index in [1.165, 1.54) is 38.3 Å². The summed E-state index contributed by atoms with van der Waals surface area (Å²) in [6.45, 7) is 1.32. The average Bonchev–Trinajstić information content (AvgIpc) is 3.19. The summed E-state index contributed by atoms with van der Waals surface area (Å²) in [4.78, 5) is 12.3. The number of allylic oxidation sites excluding steroid dienone is 2. The van der Waals surface area contributed by atoms with E-state index < -0.39 is 23.6 Å². The van der Waals surface area contributed by atoms with Crippen molar-refractivity contribution in [1.82, 2.24) is 0 Å². The molecule has 1 aromatic carbocycles. The molecule has 0 spiro atoms. The summed E-state index contributed by atoms with van der Waals surface area (Å²) in [6.07, 6.45) is -4.49. The number of ether oxygens (including phenoxy) is 3. The Hall–Kier alpha value is -3.87. The number of carbonyl (C=O) groups is 1. The summed E-state index contributed by atoms with van der Waals surface area (Å²) in [5.41, 5.74) is 4.97. The molecule has 0 saturated carbocycles. The molecule has 3 rings (SSSR count). The lowest BCUT2D eigenvalue weighted by Gasteiger charge is -2.24. The second kappa shape index (κ2) is 8.47. The first-order chi connectivity index (χ1) is 14.7. The van der Waals surface area contributed by atoms with Gasteiger partial charge in [-0.15, -0.1) is 0 Å². The third kappa shape index (κ3) is 4.50. The van der Waals surface area contributed by atoms with Gasteiger partial charge in [0.2, 0.25) is 5.88 Å². The summed E-state index contributed by atoms with van der Waals surface area (Å²) < 4.78 is 59.7. The van der Waals surface area contributed by atoms with Gasteiger partial charge in [-0.2, -0.15) is 18.4 Å². The van der Waals surface area contributed by atoms with Crippen molar-refractivity contribution < 1.29 is 36.6 Å². The Morgan fingerprint density at radius 3 is 2.68 bits per heavy atom. The zero-order valence-corrected chi connectivity index (χ0v) is 16.4. The van der Waals surface area contributed by atoms with Gasteiger partial charge >= 0.3 is 12.1 Å². The molecule has 0 aliphatic carbocycles. The van der Waals surface area contributed by atoms with Gasteiger partial charge in [0.25, 0.3) is 0 Å². The van der Waals surface area contributed by atoms with Crippen LogP contribution in [0.2, 0.25) is 0 Å². The Morgan fingerprint density at radius 1 is 1.29 bits per heavy atom. The smallest absolute Gasteiger partial charge is 0.416 e. The van der Waals surface area contributed by atoms with Crippen LogP contribution in [0, 0.1) is 11.3 Å². The Kier molecular flexibility index (Phi) is 5.97. The number of halogens is 3. The number of hydrogen-bond donors (Lipinski definition) is 1. The van der Waals surface area contributed by atoms with Crippen molar-refractivity contribution in [3.05, 3.63) is 76.3 Å². The molecular formula is C21H17F3N2O5. The Labute approximate surface area is 175 Å². The van der Waals surface area contributed by atoms with Gasteiger partial charge in [0.15, 0.2) is 0 Å². The van der Waals surface area contributed by atoms with Crippen LogP contribution in [-0.2, 0) is 27.1 Å². The van der Waals surface area contributed by atoms with Gasteiger partial charge in [0.05, 0.1) is 24.2 Å². The SMILES string of the molecule is COC(=O)C1=C(C)OC(N)=C(C#N)[C@@H]1c1ccc(COc2cccc(C(F)(F)F)c2)o1. The Balaban J connectivity index is 1.86. The van der Waals surface area contributed by atoms with Crippen LogP contribution in [0.15, 0.2) is 63.6 Å². The third-order valence-corrected chi connectivity index (χ3v) is 4.52. The average molecular weight is 434 g/mol. The zero-order valence-electron chi connectivity index (χ0n) is 16.4. The molecule has 10 heteroatoms. The van der Waals surface area contributed by atoms with Crippen molar-refractivity contribution in [3.63, 3.8) is 0 Å². The molecule has 2 N–H and O–H groups in total. The van der Waals surface area contributed by atoms with Gasteiger partial charge in [0.1, 0.15) is 41.3 Å². The first-order valence-corrected chi connectivity index (χ1v) is 8.91. The first-order valence-electron chi connectivity index (χ1n) is 8.91. The molecule has 0 radical (unpaired) electrons. The number of furan rings is 1. The van der Waals surface area contributed by atoms with Crippen molar-refractivity contribution in [3.8, 4) is 11.8 Å². The van der Waals surface area contributed by atoms with E-state index >= 15 is 0 Å². The van der Waals surface area contributed by atoms with Crippen molar-refractivity contribution in [2.75, 3.05) is 7.11 Å². The van der Waals surface area contributed by atoms with Gasteiger partial charge < -0.3 is 24.4 Å². The van der Waals surface area contributed by atoms with Gasteiger partial charge in [-0.05, 0) is 37.3 Å². The van der Waals surface area contributed by atoms with Crippen LogP contribution in [-0.4, -0.2) is 13.1 Å². The number of nitriles is 1. The van der Waals surface area contributed by atoms with E-state index in [1.54, 1.807) is 0 Å². The van der Waals surface area contributed by atoms with E-state index in [-0.39, 0.29) is 46.7 Å². The van der Waals surface area contributed by atoms with Crippen LogP contribution in [0.1, 0.15) is 29.9 Å². The first kappa shape index (κ1) is 21.8. The molecule has 0 unspecified atom stereocenters. The fourth-order valence-corrected chi connectivity index (χ4v) is 3.08. The number of hydrogen-bond acceptors (Lipinski definition) is 7. The summed E-state index contributed by atoms with van der Waals surface area (Å²) in [5, 5.41) is 9.50. The molecule has 1 aliphatic heterocycles. The van der Waals surface area contributed by atoms with Crippen LogP contribution >= 0.6 is 0 Å². The standard InChI is InChI=1S/C21H17F3N2O5/c1-11-17(20(27)28-2)18(15(9-25)19(26)30-11)16-7-6-14(31-16)10-29-13-5-3-4-12(8-13)21(22,23)24/h3-8,18H,10,26H2,1-2H3/t18-/m1/s1. The number of rotatable bonds is 5. The highest BCUT2D eigenvalue weighted by Gasteiger charge is 2.38.